The molecule has 1 saturated heterocycles. The molecule has 1 atom stereocenters. The van der Waals surface area contributed by atoms with Gasteiger partial charge in [-0.25, -0.2) is 0 Å². The van der Waals surface area contributed by atoms with Gasteiger partial charge < -0.3 is 9.64 Å². The van der Waals surface area contributed by atoms with Crippen molar-refractivity contribution in [1.29, 1.82) is 0 Å². The average Bonchev–Trinajstić information content (AvgIpc) is 3.04. The number of ether oxygens (including phenoxy) is 1. The van der Waals surface area contributed by atoms with Gasteiger partial charge in [-0.15, -0.1) is 12.3 Å². The maximum absolute atomic E-state index is 12.1. The molecule has 0 spiro atoms. The van der Waals surface area contributed by atoms with E-state index in [1.807, 2.05) is 4.90 Å². The van der Waals surface area contributed by atoms with E-state index in [-0.39, 0.29) is 11.6 Å². The third-order valence-electron chi connectivity index (χ3n) is 3.83. The molecule has 5 nitrogen and oxygen atoms in total. The van der Waals surface area contributed by atoms with Gasteiger partial charge in [0.05, 0.1) is 6.61 Å². The molecule has 1 unspecified atom stereocenters. The second-order valence-electron chi connectivity index (χ2n) is 5.34. The molecule has 0 aliphatic carbocycles. The average molecular weight is 263 g/mol. The van der Waals surface area contributed by atoms with Crippen LogP contribution in [0, 0.1) is 18.3 Å². The Bertz CT molecular complexity index is 394. The minimum absolute atomic E-state index is 0.205. The Hall–Kier alpha value is -1.41. The van der Waals surface area contributed by atoms with Gasteiger partial charge in [-0.2, -0.15) is 10.2 Å². The molecular weight excluding hydrogens is 242 g/mol. The molecular formula is C14H21N3O2. The molecule has 19 heavy (non-hydrogen) atoms. The number of terminal acetylenes is 1. The lowest BCUT2D eigenvalue weighted by Gasteiger charge is -2.17. The SMILES string of the molecule is C#CCCC1(CCC(=O)N2CCC(COC)C2)N=N1. The predicted molar refractivity (Wildman–Crippen MR) is 71.5 cm³/mol. The number of amides is 1. The van der Waals surface area contributed by atoms with E-state index in [1.165, 1.54) is 0 Å². The van der Waals surface area contributed by atoms with Gasteiger partial charge in [0.25, 0.3) is 0 Å². The molecule has 0 aromatic heterocycles. The van der Waals surface area contributed by atoms with Crippen LogP contribution in [0.1, 0.15) is 32.1 Å². The number of likely N-dealkylation sites (tertiary alicyclic amines) is 1. The molecule has 0 aromatic rings. The maximum atomic E-state index is 12.1. The minimum Gasteiger partial charge on any atom is -0.384 e. The van der Waals surface area contributed by atoms with Crippen molar-refractivity contribution in [3.63, 3.8) is 0 Å². The Morgan fingerprint density at radius 1 is 1.53 bits per heavy atom. The summed E-state index contributed by atoms with van der Waals surface area (Å²) in [5.74, 6) is 3.29. The molecule has 0 saturated carbocycles. The van der Waals surface area contributed by atoms with Gasteiger partial charge in [0.2, 0.25) is 5.91 Å². The summed E-state index contributed by atoms with van der Waals surface area (Å²) in [5, 5.41) is 8.11. The number of hydrogen-bond acceptors (Lipinski definition) is 4. The summed E-state index contributed by atoms with van der Waals surface area (Å²) in [7, 11) is 1.70. The Balaban J connectivity index is 1.69. The lowest BCUT2D eigenvalue weighted by molar-refractivity contribution is -0.130. The van der Waals surface area contributed by atoms with Crippen LogP contribution in [0.25, 0.3) is 0 Å². The highest BCUT2D eigenvalue weighted by atomic mass is 16.5. The summed E-state index contributed by atoms with van der Waals surface area (Å²) in [6.45, 7) is 2.40. The Morgan fingerprint density at radius 3 is 2.95 bits per heavy atom. The van der Waals surface area contributed by atoms with Crippen LogP contribution in [0.3, 0.4) is 0 Å². The van der Waals surface area contributed by atoms with Crippen LogP contribution in [0.5, 0.6) is 0 Å². The second kappa shape index (κ2) is 6.16. The monoisotopic (exact) mass is 263 g/mol. The molecule has 0 radical (unpaired) electrons. The van der Waals surface area contributed by atoms with Crippen molar-refractivity contribution in [2.75, 3.05) is 26.8 Å². The highest BCUT2D eigenvalue weighted by molar-refractivity contribution is 5.76. The number of carbonyl (C=O) groups is 1. The largest absolute Gasteiger partial charge is 0.384 e. The van der Waals surface area contributed by atoms with Gasteiger partial charge in [0.15, 0.2) is 5.66 Å². The van der Waals surface area contributed by atoms with Crippen molar-refractivity contribution in [2.24, 2.45) is 16.1 Å². The van der Waals surface area contributed by atoms with E-state index in [9.17, 15) is 4.79 Å². The number of methoxy groups -OCH3 is 1. The lowest BCUT2D eigenvalue weighted by atomic mass is 10.0. The number of nitrogens with zero attached hydrogens (tertiary/aromatic N) is 3. The standard InChI is InChI=1S/C14H21N3O2/c1-3-4-7-14(15-16-14)8-5-13(18)17-9-6-12(10-17)11-19-2/h1,12H,4-11H2,2H3. The molecule has 1 fully saturated rings. The van der Waals surface area contributed by atoms with Crippen molar-refractivity contribution >= 4 is 5.91 Å². The molecule has 2 aliphatic heterocycles. The highest BCUT2D eigenvalue weighted by Crippen LogP contribution is 2.37. The third-order valence-corrected chi connectivity index (χ3v) is 3.83. The Labute approximate surface area is 114 Å². The van der Waals surface area contributed by atoms with E-state index in [2.05, 4.69) is 16.1 Å². The van der Waals surface area contributed by atoms with Crippen LogP contribution in [0.15, 0.2) is 10.2 Å². The molecule has 2 heterocycles. The van der Waals surface area contributed by atoms with E-state index >= 15 is 0 Å². The van der Waals surface area contributed by atoms with Gasteiger partial charge in [0.1, 0.15) is 0 Å². The van der Waals surface area contributed by atoms with Crippen LogP contribution in [0.2, 0.25) is 0 Å². The van der Waals surface area contributed by atoms with Crippen molar-refractivity contribution in [2.45, 2.75) is 37.8 Å². The molecule has 1 amide bonds. The number of carbonyl (C=O) groups excluding carboxylic acids is 1. The molecule has 0 aromatic carbocycles. The molecule has 5 heteroatoms. The Kier molecular flexibility index (Phi) is 4.54. The number of rotatable bonds is 7. The quantitative estimate of drug-likeness (QED) is 0.658. The van der Waals surface area contributed by atoms with Gasteiger partial charge in [-0.3, -0.25) is 4.79 Å². The first-order chi connectivity index (χ1) is 9.19. The van der Waals surface area contributed by atoms with Crippen LogP contribution >= 0.6 is 0 Å². The lowest BCUT2D eigenvalue weighted by Crippen LogP contribution is -2.30. The van der Waals surface area contributed by atoms with Gasteiger partial charge in [-0.05, 0) is 6.42 Å². The zero-order chi connectivity index (χ0) is 13.7. The summed E-state index contributed by atoms with van der Waals surface area (Å²) in [5.41, 5.74) is -0.340. The molecule has 0 bridgehead atoms. The first kappa shape index (κ1) is 14.0. The third kappa shape index (κ3) is 3.77. The fourth-order valence-electron chi connectivity index (χ4n) is 2.56. The fraction of sp³-hybridized carbons (Fsp3) is 0.786. The molecule has 104 valence electrons. The second-order valence-corrected chi connectivity index (χ2v) is 5.34. The van der Waals surface area contributed by atoms with Gasteiger partial charge in [-0.1, -0.05) is 0 Å². The van der Waals surface area contributed by atoms with E-state index in [4.69, 9.17) is 11.2 Å². The smallest absolute Gasteiger partial charge is 0.222 e. The van der Waals surface area contributed by atoms with Crippen LogP contribution in [0.4, 0.5) is 0 Å². The van der Waals surface area contributed by atoms with E-state index in [0.717, 1.165) is 32.5 Å². The van der Waals surface area contributed by atoms with E-state index < -0.39 is 0 Å². The molecule has 2 aliphatic rings. The van der Waals surface area contributed by atoms with Crippen LogP contribution in [-0.4, -0.2) is 43.3 Å². The first-order valence-corrected chi connectivity index (χ1v) is 6.83. The van der Waals surface area contributed by atoms with Crippen molar-refractivity contribution in [3.05, 3.63) is 0 Å². The normalized spacial score (nSPS) is 23.4. The summed E-state index contributed by atoms with van der Waals surface area (Å²) < 4.78 is 5.14. The summed E-state index contributed by atoms with van der Waals surface area (Å²) >= 11 is 0. The molecule has 2 rings (SSSR count). The highest BCUT2D eigenvalue weighted by Gasteiger charge is 2.40. The van der Waals surface area contributed by atoms with Gasteiger partial charge in [0, 0.05) is 51.8 Å². The van der Waals surface area contributed by atoms with Crippen molar-refractivity contribution < 1.29 is 9.53 Å². The number of hydrogen-bond donors (Lipinski definition) is 0. The Morgan fingerprint density at radius 2 is 2.32 bits per heavy atom. The van der Waals surface area contributed by atoms with Crippen molar-refractivity contribution in [3.8, 4) is 12.3 Å². The zero-order valence-electron chi connectivity index (χ0n) is 11.5. The summed E-state index contributed by atoms with van der Waals surface area (Å²) in [4.78, 5) is 14.0. The van der Waals surface area contributed by atoms with Crippen molar-refractivity contribution in [1.82, 2.24) is 4.90 Å². The van der Waals surface area contributed by atoms with Crippen LogP contribution in [-0.2, 0) is 9.53 Å². The zero-order valence-corrected chi connectivity index (χ0v) is 11.5. The first-order valence-electron chi connectivity index (χ1n) is 6.83. The summed E-state index contributed by atoms with van der Waals surface area (Å²) in [6.07, 6.45) is 8.92. The predicted octanol–water partition coefficient (Wildman–Crippen LogP) is 1.84. The fourth-order valence-corrected chi connectivity index (χ4v) is 2.56. The van der Waals surface area contributed by atoms with Crippen LogP contribution < -0.4 is 0 Å². The van der Waals surface area contributed by atoms with Gasteiger partial charge >= 0.3 is 0 Å². The summed E-state index contributed by atoms with van der Waals surface area (Å²) in [6, 6.07) is 0. The minimum atomic E-state index is -0.340. The van der Waals surface area contributed by atoms with E-state index in [0.29, 0.717) is 25.2 Å². The topological polar surface area (TPSA) is 54.3 Å². The van der Waals surface area contributed by atoms with E-state index in [1.54, 1.807) is 7.11 Å². The molecule has 0 N–H and O–H groups in total. The maximum Gasteiger partial charge on any atom is 0.222 e.